The van der Waals surface area contributed by atoms with Crippen LogP contribution in [-0.2, 0) is 11.3 Å². The maximum atomic E-state index is 13.3. The van der Waals surface area contributed by atoms with Crippen LogP contribution in [0.3, 0.4) is 0 Å². The smallest absolute Gasteiger partial charge is 0.243 e. The van der Waals surface area contributed by atoms with Crippen LogP contribution in [0.5, 0.6) is 0 Å². The number of para-hydroxylation sites is 2. The summed E-state index contributed by atoms with van der Waals surface area (Å²) in [6.07, 6.45) is 1.91. The molecule has 0 bridgehead atoms. The highest BCUT2D eigenvalue weighted by Crippen LogP contribution is 2.28. The number of imidazole rings is 1. The molecular weight excluding hydrogens is 342 g/mol. The molecule has 1 aromatic carbocycles. The molecule has 0 fully saturated rings. The highest BCUT2D eigenvalue weighted by Gasteiger charge is 2.25. The van der Waals surface area contributed by atoms with Crippen LogP contribution >= 0.6 is 11.3 Å². The van der Waals surface area contributed by atoms with Crippen molar-refractivity contribution in [2.75, 3.05) is 0 Å². The van der Waals surface area contributed by atoms with Gasteiger partial charge >= 0.3 is 0 Å². The standard InChI is InChI=1S/C21H27N3OS/c1-5-15(3)24(16(4)6-2)20(25)14-23-18-11-8-7-10-17(18)22-21(23)19-12-9-13-26-19/h7-13,15-16H,5-6,14H2,1-4H3. The van der Waals surface area contributed by atoms with Gasteiger partial charge in [0.15, 0.2) is 5.82 Å². The molecule has 5 heteroatoms. The minimum Gasteiger partial charge on any atom is -0.336 e. The molecule has 0 N–H and O–H groups in total. The zero-order chi connectivity index (χ0) is 18.7. The first kappa shape index (κ1) is 18.6. The third-order valence-electron chi connectivity index (χ3n) is 5.11. The Balaban J connectivity index is 2.02. The Bertz CT molecular complexity index is 859. The maximum absolute atomic E-state index is 13.3. The van der Waals surface area contributed by atoms with Gasteiger partial charge < -0.3 is 9.47 Å². The lowest BCUT2D eigenvalue weighted by molar-refractivity contribution is -0.136. The monoisotopic (exact) mass is 369 g/mol. The topological polar surface area (TPSA) is 38.1 Å². The first-order valence-electron chi connectivity index (χ1n) is 9.37. The molecule has 26 heavy (non-hydrogen) atoms. The number of hydrogen-bond acceptors (Lipinski definition) is 3. The van der Waals surface area contributed by atoms with Crippen LogP contribution in [0.25, 0.3) is 21.7 Å². The van der Waals surface area contributed by atoms with Gasteiger partial charge in [0.05, 0.1) is 15.9 Å². The predicted molar refractivity (Wildman–Crippen MR) is 109 cm³/mol. The molecule has 3 aromatic rings. The van der Waals surface area contributed by atoms with Crippen LogP contribution in [0.2, 0.25) is 0 Å². The van der Waals surface area contributed by atoms with E-state index in [2.05, 4.69) is 38.3 Å². The summed E-state index contributed by atoms with van der Waals surface area (Å²) in [6, 6.07) is 12.6. The van der Waals surface area contributed by atoms with Gasteiger partial charge in [-0.2, -0.15) is 0 Å². The Morgan fingerprint density at radius 1 is 1.12 bits per heavy atom. The third kappa shape index (κ3) is 3.54. The number of carbonyl (C=O) groups excluding carboxylic acids is 1. The molecule has 0 aliphatic rings. The van der Waals surface area contributed by atoms with Gasteiger partial charge in [0.25, 0.3) is 0 Å². The zero-order valence-corrected chi connectivity index (χ0v) is 16.8. The fourth-order valence-corrected chi connectivity index (χ4v) is 4.09. The van der Waals surface area contributed by atoms with E-state index in [1.165, 1.54) is 0 Å². The quantitative estimate of drug-likeness (QED) is 0.575. The molecule has 2 aromatic heterocycles. The van der Waals surface area contributed by atoms with E-state index in [0.29, 0.717) is 6.54 Å². The van der Waals surface area contributed by atoms with Crippen LogP contribution in [0, 0.1) is 0 Å². The highest BCUT2D eigenvalue weighted by molar-refractivity contribution is 7.13. The van der Waals surface area contributed by atoms with Gasteiger partial charge in [-0.1, -0.05) is 32.0 Å². The van der Waals surface area contributed by atoms with Gasteiger partial charge in [-0.05, 0) is 50.3 Å². The minimum absolute atomic E-state index is 0.162. The van der Waals surface area contributed by atoms with E-state index in [1.54, 1.807) is 11.3 Å². The van der Waals surface area contributed by atoms with E-state index in [1.807, 2.05) is 40.6 Å². The molecule has 3 rings (SSSR count). The lowest BCUT2D eigenvalue weighted by Crippen LogP contribution is -2.45. The number of thiophene rings is 1. The molecule has 0 aliphatic heterocycles. The van der Waals surface area contributed by atoms with Crippen molar-refractivity contribution in [1.29, 1.82) is 0 Å². The third-order valence-corrected chi connectivity index (χ3v) is 5.97. The number of hydrogen-bond donors (Lipinski definition) is 0. The van der Waals surface area contributed by atoms with E-state index in [4.69, 9.17) is 4.98 Å². The second-order valence-corrected chi connectivity index (χ2v) is 7.75. The molecule has 1 amide bonds. The average Bonchev–Trinajstić information content (AvgIpc) is 3.29. The summed E-state index contributed by atoms with van der Waals surface area (Å²) in [5.74, 6) is 1.04. The van der Waals surface area contributed by atoms with E-state index in [-0.39, 0.29) is 18.0 Å². The van der Waals surface area contributed by atoms with Gasteiger partial charge in [-0.15, -0.1) is 11.3 Å². The molecule has 2 heterocycles. The average molecular weight is 370 g/mol. The van der Waals surface area contributed by atoms with Crippen LogP contribution in [0.1, 0.15) is 40.5 Å². The number of benzene rings is 1. The first-order chi connectivity index (χ1) is 12.6. The highest BCUT2D eigenvalue weighted by atomic mass is 32.1. The Morgan fingerprint density at radius 3 is 2.42 bits per heavy atom. The second-order valence-electron chi connectivity index (χ2n) is 6.80. The van der Waals surface area contributed by atoms with E-state index in [0.717, 1.165) is 34.6 Å². The fourth-order valence-electron chi connectivity index (χ4n) is 3.37. The Labute approximate surface area is 159 Å². The lowest BCUT2D eigenvalue weighted by atomic mass is 10.1. The largest absolute Gasteiger partial charge is 0.336 e. The molecular formula is C21H27N3OS. The first-order valence-corrected chi connectivity index (χ1v) is 10.2. The number of carbonyl (C=O) groups is 1. The summed E-state index contributed by atoms with van der Waals surface area (Å²) in [4.78, 5) is 21.2. The Kier molecular flexibility index (Phi) is 5.77. The summed E-state index contributed by atoms with van der Waals surface area (Å²) in [5, 5.41) is 2.05. The molecule has 138 valence electrons. The number of aromatic nitrogens is 2. The predicted octanol–water partition coefficient (Wildman–Crippen LogP) is 5.19. The van der Waals surface area contributed by atoms with Crippen LogP contribution in [-0.4, -0.2) is 32.4 Å². The second kappa shape index (κ2) is 8.04. The number of rotatable bonds is 7. The van der Waals surface area contributed by atoms with Crippen molar-refractivity contribution in [3.63, 3.8) is 0 Å². The van der Waals surface area contributed by atoms with Gasteiger partial charge in [0, 0.05) is 12.1 Å². The zero-order valence-electron chi connectivity index (χ0n) is 16.0. The SMILES string of the molecule is CCC(C)N(C(=O)Cn1c(-c2cccs2)nc2ccccc21)C(C)CC. The molecule has 0 aliphatic carbocycles. The summed E-state index contributed by atoms with van der Waals surface area (Å²) < 4.78 is 2.07. The lowest BCUT2D eigenvalue weighted by Gasteiger charge is -2.34. The van der Waals surface area contributed by atoms with Crippen LogP contribution in [0.4, 0.5) is 0 Å². The van der Waals surface area contributed by atoms with E-state index in [9.17, 15) is 4.79 Å². The molecule has 0 saturated carbocycles. The molecule has 0 saturated heterocycles. The van der Waals surface area contributed by atoms with Gasteiger partial charge in [-0.25, -0.2) is 4.98 Å². The van der Waals surface area contributed by atoms with Crippen molar-refractivity contribution in [1.82, 2.24) is 14.5 Å². The number of nitrogens with zero attached hydrogens (tertiary/aromatic N) is 3. The Hall–Kier alpha value is -2.14. The summed E-state index contributed by atoms with van der Waals surface area (Å²) in [7, 11) is 0. The van der Waals surface area contributed by atoms with Crippen molar-refractivity contribution in [2.45, 2.75) is 59.2 Å². The molecule has 4 nitrogen and oxygen atoms in total. The van der Waals surface area contributed by atoms with E-state index < -0.39 is 0 Å². The summed E-state index contributed by atoms with van der Waals surface area (Å²) in [5.41, 5.74) is 1.94. The number of fused-ring (bicyclic) bond motifs is 1. The van der Waals surface area contributed by atoms with Crippen molar-refractivity contribution in [2.24, 2.45) is 0 Å². The van der Waals surface area contributed by atoms with Gasteiger partial charge in [0.1, 0.15) is 6.54 Å². The van der Waals surface area contributed by atoms with Crippen molar-refractivity contribution < 1.29 is 4.79 Å². The van der Waals surface area contributed by atoms with Crippen molar-refractivity contribution in [3.05, 3.63) is 41.8 Å². The van der Waals surface area contributed by atoms with E-state index >= 15 is 0 Å². The number of amides is 1. The van der Waals surface area contributed by atoms with Crippen molar-refractivity contribution >= 4 is 28.3 Å². The molecule has 0 spiro atoms. The van der Waals surface area contributed by atoms with Gasteiger partial charge in [0.2, 0.25) is 5.91 Å². The Morgan fingerprint density at radius 2 is 1.81 bits per heavy atom. The van der Waals surface area contributed by atoms with Crippen molar-refractivity contribution in [3.8, 4) is 10.7 Å². The maximum Gasteiger partial charge on any atom is 0.243 e. The van der Waals surface area contributed by atoms with Gasteiger partial charge in [-0.3, -0.25) is 4.79 Å². The minimum atomic E-state index is 0.162. The van der Waals surface area contributed by atoms with Crippen LogP contribution in [0.15, 0.2) is 41.8 Å². The molecule has 2 atom stereocenters. The molecule has 0 radical (unpaired) electrons. The summed E-state index contributed by atoms with van der Waals surface area (Å²) in [6.45, 7) is 8.86. The molecule has 2 unspecified atom stereocenters. The normalized spacial score (nSPS) is 13.7. The summed E-state index contributed by atoms with van der Waals surface area (Å²) >= 11 is 1.65. The fraction of sp³-hybridized carbons (Fsp3) is 0.429. The van der Waals surface area contributed by atoms with Crippen LogP contribution < -0.4 is 0 Å².